The molecule has 1 atom stereocenters. The van der Waals surface area contributed by atoms with Crippen LogP contribution in [0.3, 0.4) is 0 Å². The third kappa shape index (κ3) is 3.95. The first-order valence-corrected chi connectivity index (χ1v) is 9.15. The molecule has 0 aromatic heterocycles. The second kappa shape index (κ2) is 7.96. The predicted molar refractivity (Wildman–Crippen MR) is 110 cm³/mol. The molecule has 0 radical (unpaired) electrons. The van der Waals surface area contributed by atoms with Gasteiger partial charge in [-0.1, -0.05) is 60.7 Å². The molecule has 4 nitrogen and oxygen atoms in total. The van der Waals surface area contributed by atoms with Crippen LogP contribution in [0, 0.1) is 0 Å². The standard InChI is InChI=1S/C23H23N3O/c1-27-21-14-8-9-18(15-21)16-24-23-25-22(19-10-4-2-5-11-19)17-26(23)20-12-6-3-7-13-20/h2-15,22H,16-17H2,1H3,(H,24,25). The maximum Gasteiger partial charge on any atom is 0.199 e. The zero-order valence-corrected chi connectivity index (χ0v) is 15.4. The fourth-order valence-electron chi connectivity index (χ4n) is 3.33. The molecule has 0 saturated carbocycles. The number of hydrogen-bond donors (Lipinski definition) is 1. The van der Waals surface area contributed by atoms with Crippen LogP contribution in [0.5, 0.6) is 5.75 Å². The minimum Gasteiger partial charge on any atom is -0.497 e. The van der Waals surface area contributed by atoms with E-state index in [2.05, 4.69) is 64.8 Å². The van der Waals surface area contributed by atoms with Crippen LogP contribution in [0.15, 0.2) is 89.9 Å². The van der Waals surface area contributed by atoms with Gasteiger partial charge in [0.2, 0.25) is 0 Å². The van der Waals surface area contributed by atoms with Crippen LogP contribution in [0.1, 0.15) is 17.2 Å². The first-order valence-electron chi connectivity index (χ1n) is 9.15. The minimum absolute atomic E-state index is 0.218. The zero-order valence-electron chi connectivity index (χ0n) is 15.4. The number of aliphatic imine (C=N–C) groups is 1. The van der Waals surface area contributed by atoms with Gasteiger partial charge in [-0.15, -0.1) is 0 Å². The number of ether oxygens (including phenoxy) is 1. The van der Waals surface area contributed by atoms with Gasteiger partial charge in [0.15, 0.2) is 5.96 Å². The predicted octanol–water partition coefficient (Wildman–Crippen LogP) is 4.40. The lowest BCUT2D eigenvalue weighted by molar-refractivity contribution is 0.414. The van der Waals surface area contributed by atoms with Crippen LogP contribution in [-0.4, -0.2) is 19.6 Å². The van der Waals surface area contributed by atoms with Gasteiger partial charge in [0.05, 0.1) is 26.2 Å². The number of nitrogens with one attached hydrogen (secondary N) is 1. The number of methoxy groups -OCH3 is 1. The number of hydrogen-bond acceptors (Lipinski definition) is 2. The summed E-state index contributed by atoms with van der Waals surface area (Å²) < 4.78 is 5.32. The van der Waals surface area contributed by atoms with Crippen molar-refractivity contribution in [2.45, 2.75) is 12.6 Å². The number of benzene rings is 3. The molecule has 4 rings (SSSR count). The summed E-state index contributed by atoms with van der Waals surface area (Å²) in [6.45, 7) is 1.45. The molecule has 1 fully saturated rings. The van der Waals surface area contributed by atoms with E-state index in [-0.39, 0.29) is 6.04 Å². The van der Waals surface area contributed by atoms with Gasteiger partial charge in [0.25, 0.3) is 0 Å². The monoisotopic (exact) mass is 357 g/mol. The fraction of sp³-hybridized carbons (Fsp3) is 0.174. The average Bonchev–Trinajstić information content (AvgIpc) is 3.18. The van der Waals surface area contributed by atoms with Crippen molar-refractivity contribution in [2.75, 3.05) is 18.6 Å². The summed E-state index contributed by atoms with van der Waals surface area (Å²) in [6.07, 6.45) is 0. The molecule has 0 aliphatic carbocycles. The molecular weight excluding hydrogens is 334 g/mol. The Morgan fingerprint density at radius 1 is 0.963 bits per heavy atom. The SMILES string of the molecule is COc1cccc(CN=C2NC(c3ccccc3)CN2c2ccccc2)c1. The first-order chi connectivity index (χ1) is 13.3. The van der Waals surface area contributed by atoms with Crippen LogP contribution in [0.25, 0.3) is 0 Å². The van der Waals surface area contributed by atoms with Crippen molar-refractivity contribution in [3.8, 4) is 5.75 Å². The van der Waals surface area contributed by atoms with Crippen LogP contribution in [0.2, 0.25) is 0 Å². The van der Waals surface area contributed by atoms with E-state index < -0.39 is 0 Å². The van der Waals surface area contributed by atoms with Crippen LogP contribution >= 0.6 is 0 Å². The Morgan fingerprint density at radius 3 is 2.44 bits per heavy atom. The molecule has 136 valence electrons. The van der Waals surface area contributed by atoms with E-state index in [9.17, 15) is 0 Å². The molecule has 3 aromatic carbocycles. The van der Waals surface area contributed by atoms with E-state index in [4.69, 9.17) is 9.73 Å². The van der Waals surface area contributed by atoms with E-state index in [0.29, 0.717) is 6.54 Å². The lowest BCUT2D eigenvalue weighted by Gasteiger charge is -2.17. The highest BCUT2D eigenvalue weighted by Crippen LogP contribution is 2.25. The maximum atomic E-state index is 5.32. The van der Waals surface area contributed by atoms with Gasteiger partial charge in [-0.05, 0) is 35.4 Å². The van der Waals surface area contributed by atoms with Crippen molar-refractivity contribution in [1.82, 2.24) is 5.32 Å². The Labute approximate surface area is 160 Å². The van der Waals surface area contributed by atoms with E-state index in [1.165, 1.54) is 5.56 Å². The van der Waals surface area contributed by atoms with Crippen LogP contribution < -0.4 is 15.0 Å². The first kappa shape index (κ1) is 17.2. The van der Waals surface area contributed by atoms with Crippen molar-refractivity contribution in [3.63, 3.8) is 0 Å². The topological polar surface area (TPSA) is 36.9 Å². The summed E-state index contributed by atoms with van der Waals surface area (Å²) in [5.74, 6) is 1.76. The molecule has 3 aromatic rings. The molecular formula is C23H23N3O. The molecule has 1 aliphatic heterocycles. The molecule has 0 amide bonds. The quantitative estimate of drug-likeness (QED) is 0.735. The number of guanidine groups is 1. The molecule has 0 spiro atoms. The van der Waals surface area contributed by atoms with E-state index in [0.717, 1.165) is 29.5 Å². The van der Waals surface area contributed by atoms with Crippen molar-refractivity contribution in [2.24, 2.45) is 4.99 Å². The van der Waals surface area contributed by atoms with E-state index >= 15 is 0 Å². The van der Waals surface area contributed by atoms with Gasteiger partial charge in [0.1, 0.15) is 5.75 Å². The molecule has 1 saturated heterocycles. The molecule has 1 unspecified atom stereocenters. The number of anilines is 1. The zero-order chi connectivity index (χ0) is 18.5. The van der Waals surface area contributed by atoms with E-state index in [1.54, 1.807) is 7.11 Å². The highest BCUT2D eigenvalue weighted by molar-refractivity contribution is 5.98. The second-order valence-corrected chi connectivity index (χ2v) is 6.55. The van der Waals surface area contributed by atoms with Gasteiger partial charge >= 0.3 is 0 Å². The maximum absolute atomic E-state index is 5.32. The third-order valence-electron chi connectivity index (χ3n) is 4.74. The number of nitrogens with zero attached hydrogens (tertiary/aromatic N) is 2. The number of rotatable bonds is 5. The molecule has 0 bridgehead atoms. The minimum atomic E-state index is 0.218. The summed E-state index contributed by atoms with van der Waals surface area (Å²) in [5, 5.41) is 3.60. The summed E-state index contributed by atoms with van der Waals surface area (Å²) in [7, 11) is 1.69. The molecule has 1 N–H and O–H groups in total. The highest BCUT2D eigenvalue weighted by Gasteiger charge is 2.28. The smallest absolute Gasteiger partial charge is 0.199 e. The Morgan fingerprint density at radius 2 is 1.70 bits per heavy atom. The third-order valence-corrected chi connectivity index (χ3v) is 4.74. The van der Waals surface area contributed by atoms with Gasteiger partial charge in [-0.3, -0.25) is 0 Å². The van der Waals surface area contributed by atoms with Gasteiger partial charge < -0.3 is 15.0 Å². The average molecular weight is 357 g/mol. The molecule has 27 heavy (non-hydrogen) atoms. The fourth-order valence-corrected chi connectivity index (χ4v) is 3.33. The van der Waals surface area contributed by atoms with Gasteiger partial charge in [-0.25, -0.2) is 4.99 Å². The van der Waals surface area contributed by atoms with Crippen LogP contribution in [-0.2, 0) is 6.54 Å². The lowest BCUT2D eigenvalue weighted by atomic mass is 10.1. The Kier molecular flexibility index (Phi) is 5.06. The molecule has 4 heteroatoms. The lowest BCUT2D eigenvalue weighted by Crippen LogP contribution is -2.30. The molecule has 1 heterocycles. The Hall–Kier alpha value is -3.27. The van der Waals surface area contributed by atoms with Crippen molar-refractivity contribution in [1.29, 1.82) is 0 Å². The van der Waals surface area contributed by atoms with Gasteiger partial charge in [-0.2, -0.15) is 0 Å². The number of para-hydroxylation sites is 1. The van der Waals surface area contributed by atoms with Crippen LogP contribution in [0.4, 0.5) is 5.69 Å². The van der Waals surface area contributed by atoms with Crippen molar-refractivity contribution < 1.29 is 4.74 Å². The normalized spacial score (nSPS) is 17.7. The van der Waals surface area contributed by atoms with Crippen molar-refractivity contribution >= 4 is 11.6 Å². The molecule has 1 aliphatic rings. The Bertz CT molecular complexity index is 909. The largest absolute Gasteiger partial charge is 0.497 e. The second-order valence-electron chi connectivity index (χ2n) is 6.55. The summed E-state index contributed by atoms with van der Waals surface area (Å²) in [6, 6.07) is 29.2. The van der Waals surface area contributed by atoms with Crippen molar-refractivity contribution in [3.05, 3.63) is 96.1 Å². The van der Waals surface area contributed by atoms with E-state index in [1.807, 2.05) is 30.3 Å². The summed E-state index contributed by atoms with van der Waals surface area (Å²) in [4.78, 5) is 7.13. The summed E-state index contributed by atoms with van der Waals surface area (Å²) >= 11 is 0. The Balaban J connectivity index is 1.61. The van der Waals surface area contributed by atoms with Gasteiger partial charge in [0, 0.05) is 5.69 Å². The highest BCUT2D eigenvalue weighted by atomic mass is 16.5. The summed E-state index contributed by atoms with van der Waals surface area (Å²) in [5.41, 5.74) is 3.54.